The average molecular weight is 306 g/mol. The molecule has 0 unspecified atom stereocenters. The number of aromatic hydroxyl groups is 1. The number of sulfonamides is 1. The molecule has 20 heavy (non-hydrogen) atoms. The van der Waals surface area contributed by atoms with Crippen LogP contribution in [0.3, 0.4) is 0 Å². The molecule has 1 aromatic rings. The van der Waals surface area contributed by atoms with Gasteiger partial charge >= 0.3 is 0 Å². The van der Waals surface area contributed by atoms with E-state index < -0.39 is 27.4 Å². The number of hydrogen-bond acceptors (Lipinski definition) is 4. The van der Waals surface area contributed by atoms with E-state index >= 15 is 0 Å². The second kappa shape index (κ2) is 5.63. The van der Waals surface area contributed by atoms with Crippen LogP contribution in [0, 0.1) is 11.6 Å². The van der Waals surface area contributed by atoms with E-state index in [1.165, 1.54) is 4.31 Å². The molecule has 1 N–H and O–H groups in total. The largest absolute Gasteiger partial charge is 0.503 e. The van der Waals surface area contributed by atoms with Gasteiger partial charge in [-0.05, 0) is 17.7 Å². The monoisotopic (exact) mass is 306 g/mol. The Morgan fingerprint density at radius 2 is 1.65 bits per heavy atom. The summed E-state index contributed by atoms with van der Waals surface area (Å²) < 4.78 is 50.5. The average Bonchev–Trinajstić information content (AvgIpc) is 2.35. The molecule has 5 nitrogen and oxygen atoms in total. The first-order valence-corrected chi connectivity index (χ1v) is 7.96. The summed E-state index contributed by atoms with van der Waals surface area (Å²) in [6.45, 7) is 2.03. The minimum absolute atomic E-state index is 0.311. The molecule has 1 saturated heterocycles. The van der Waals surface area contributed by atoms with Gasteiger partial charge in [0.05, 0.1) is 6.26 Å². The van der Waals surface area contributed by atoms with Gasteiger partial charge in [0.2, 0.25) is 10.0 Å². The van der Waals surface area contributed by atoms with Gasteiger partial charge in [0, 0.05) is 32.7 Å². The molecular formula is C12H16F2N2O3S. The Hall–Kier alpha value is -1.25. The molecule has 2 rings (SSSR count). The predicted octanol–water partition coefficient (Wildman–Crippen LogP) is 0.748. The third kappa shape index (κ3) is 3.44. The molecule has 0 aliphatic carbocycles. The standard InChI is InChI=1S/C12H16F2N2O3S/c1-20(18,19)16-4-2-15(3-5-16)8-9-6-10(13)12(17)11(14)7-9/h6-7,17H,2-5,8H2,1H3. The van der Waals surface area contributed by atoms with Crippen molar-refractivity contribution >= 4 is 10.0 Å². The predicted molar refractivity (Wildman–Crippen MR) is 69.7 cm³/mol. The van der Waals surface area contributed by atoms with Crippen LogP contribution in [-0.2, 0) is 16.6 Å². The molecule has 0 atom stereocenters. The minimum Gasteiger partial charge on any atom is -0.503 e. The van der Waals surface area contributed by atoms with Gasteiger partial charge in [-0.2, -0.15) is 4.31 Å². The number of nitrogens with zero attached hydrogens (tertiary/aromatic N) is 2. The fourth-order valence-electron chi connectivity index (χ4n) is 2.19. The van der Waals surface area contributed by atoms with Crippen molar-refractivity contribution in [2.75, 3.05) is 32.4 Å². The van der Waals surface area contributed by atoms with Gasteiger partial charge < -0.3 is 5.11 Å². The van der Waals surface area contributed by atoms with Gasteiger partial charge in [0.25, 0.3) is 0 Å². The number of piperazine rings is 1. The summed E-state index contributed by atoms with van der Waals surface area (Å²) in [5, 5.41) is 9.02. The minimum atomic E-state index is -3.19. The molecule has 1 heterocycles. The van der Waals surface area contributed by atoms with Crippen LogP contribution >= 0.6 is 0 Å². The summed E-state index contributed by atoms with van der Waals surface area (Å²) in [7, 11) is -3.19. The van der Waals surface area contributed by atoms with Crippen molar-refractivity contribution in [2.45, 2.75) is 6.54 Å². The molecule has 8 heteroatoms. The maximum atomic E-state index is 13.2. The zero-order chi connectivity index (χ0) is 14.9. The quantitative estimate of drug-likeness (QED) is 0.895. The van der Waals surface area contributed by atoms with E-state index in [2.05, 4.69) is 0 Å². The lowest BCUT2D eigenvalue weighted by Crippen LogP contribution is -2.47. The third-order valence-corrected chi connectivity index (χ3v) is 4.59. The van der Waals surface area contributed by atoms with E-state index in [1.54, 1.807) is 0 Å². The van der Waals surface area contributed by atoms with Crippen LogP contribution in [0.5, 0.6) is 5.75 Å². The molecule has 0 bridgehead atoms. The molecule has 0 amide bonds. The van der Waals surface area contributed by atoms with Gasteiger partial charge in [0.1, 0.15) is 0 Å². The zero-order valence-electron chi connectivity index (χ0n) is 11.0. The second-order valence-electron chi connectivity index (χ2n) is 4.85. The topological polar surface area (TPSA) is 60.9 Å². The molecule has 1 aromatic carbocycles. The van der Waals surface area contributed by atoms with Crippen LogP contribution in [0.25, 0.3) is 0 Å². The van der Waals surface area contributed by atoms with Crippen molar-refractivity contribution < 1.29 is 22.3 Å². The highest BCUT2D eigenvalue weighted by Crippen LogP contribution is 2.22. The Bertz CT molecular complexity index is 576. The Kier molecular flexibility index (Phi) is 4.26. The van der Waals surface area contributed by atoms with Crippen LogP contribution in [0.2, 0.25) is 0 Å². The van der Waals surface area contributed by atoms with Gasteiger partial charge in [0.15, 0.2) is 17.4 Å². The van der Waals surface area contributed by atoms with E-state index in [0.717, 1.165) is 18.4 Å². The number of rotatable bonds is 3. The second-order valence-corrected chi connectivity index (χ2v) is 6.83. The number of benzene rings is 1. The van der Waals surface area contributed by atoms with Crippen LogP contribution in [0.15, 0.2) is 12.1 Å². The zero-order valence-corrected chi connectivity index (χ0v) is 11.8. The van der Waals surface area contributed by atoms with Crippen LogP contribution in [-0.4, -0.2) is 55.2 Å². The van der Waals surface area contributed by atoms with E-state index in [4.69, 9.17) is 5.11 Å². The van der Waals surface area contributed by atoms with E-state index in [0.29, 0.717) is 38.3 Å². The molecule has 112 valence electrons. The van der Waals surface area contributed by atoms with Crippen molar-refractivity contribution in [3.63, 3.8) is 0 Å². The Morgan fingerprint density at radius 3 is 2.10 bits per heavy atom. The lowest BCUT2D eigenvalue weighted by Gasteiger charge is -2.33. The first kappa shape index (κ1) is 15.1. The van der Waals surface area contributed by atoms with Gasteiger partial charge in [-0.1, -0.05) is 0 Å². The first-order chi connectivity index (χ1) is 9.27. The fourth-order valence-corrected chi connectivity index (χ4v) is 3.01. The maximum Gasteiger partial charge on any atom is 0.211 e. The van der Waals surface area contributed by atoms with E-state index in [-0.39, 0.29) is 0 Å². The van der Waals surface area contributed by atoms with Crippen molar-refractivity contribution in [3.05, 3.63) is 29.3 Å². The van der Waals surface area contributed by atoms with Crippen molar-refractivity contribution in [3.8, 4) is 5.75 Å². The number of phenolic OH excluding ortho intramolecular Hbond substituents is 1. The van der Waals surface area contributed by atoms with E-state index in [9.17, 15) is 17.2 Å². The smallest absolute Gasteiger partial charge is 0.211 e. The Labute approximate surface area is 116 Å². The van der Waals surface area contributed by atoms with Crippen LogP contribution in [0.4, 0.5) is 8.78 Å². The molecule has 0 aromatic heterocycles. The Morgan fingerprint density at radius 1 is 1.15 bits per heavy atom. The highest BCUT2D eigenvalue weighted by Gasteiger charge is 2.23. The number of hydrogen-bond donors (Lipinski definition) is 1. The van der Waals surface area contributed by atoms with Crippen LogP contribution < -0.4 is 0 Å². The molecule has 1 aliphatic rings. The van der Waals surface area contributed by atoms with Gasteiger partial charge in [-0.25, -0.2) is 17.2 Å². The Balaban J connectivity index is 2.00. The molecule has 0 spiro atoms. The summed E-state index contributed by atoms with van der Waals surface area (Å²) >= 11 is 0. The first-order valence-electron chi connectivity index (χ1n) is 6.12. The van der Waals surface area contributed by atoms with Crippen LogP contribution in [0.1, 0.15) is 5.56 Å². The highest BCUT2D eigenvalue weighted by atomic mass is 32.2. The SMILES string of the molecule is CS(=O)(=O)N1CCN(Cc2cc(F)c(O)c(F)c2)CC1. The summed E-state index contributed by atoms with van der Waals surface area (Å²) in [6.07, 6.45) is 1.16. The lowest BCUT2D eigenvalue weighted by molar-refractivity contribution is 0.181. The molecule has 1 aliphatic heterocycles. The highest BCUT2D eigenvalue weighted by molar-refractivity contribution is 7.88. The molecule has 0 saturated carbocycles. The molecule has 1 fully saturated rings. The van der Waals surface area contributed by atoms with Crippen molar-refractivity contribution in [1.29, 1.82) is 0 Å². The summed E-state index contributed by atoms with van der Waals surface area (Å²) in [4.78, 5) is 1.91. The van der Waals surface area contributed by atoms with Crippen molar-refractivity contribution in [1.82, 2.24) is 9.21 Å². The van der Waals surface area contributed by atoms with Gasteiger partial charge in [-0.3, -0.25) is 4.90 Å². The fraction of sp³-hybridized carbons (Fsp3) is 0.500. The third-order valence-electron chi connectivity index (χ3n) is 3.28. The molecular weight excluding hydrogens is 290 g/mol. The maximum absolute atomic E-state index is 13.2. The summed E-state index contributed by atoms with van der Waals surface area (Å²) in [6, 6.07) is 2.17. The summed E-state index contributed by atoms with van der Waals surface area (Å²) in [5.41, 5.74) is 0.408. The number of phenols is 1. The molecule has 0 radical (unpaired) electrons. The van der Waals surface area contributed by atoms with E-state index in [1.807, 2.05) is 4.90 Å². The van der Waals surface area contributed by atoms with Gasteiger partial charge in [-0.15, -0.1) is 0 Å². The normalized spacial score (nSPS) is 18.4. The number of halogens is 2. The summed E-state index contributed by atoms with van der Waals surface area (Å²) in [5.74, 6) is -2.96. The lowest BCUT2D eigenvalue weighted by atomic mass is 10.1. The van der Waals surface area contributed by atoms with Crippen molar-refractivity contribution in [2.24, 2.45) is 0 Å².